The van der Waals surface area contributed by atoms with Crippen LogP contribution < -0.4 is 14.9 Å². The summed E-state index contributed by atoms with van der Waals surface area (Å²) in [6.45, 7) is -0.484. The summed E-state index contributed by atoms with van der Waals surface area (Å²) in [5, 5.41) is 25.8. The first-order chi connectivity index (χ1) is 17.2. The average Bonchev–Trinajstić information content (AvgIpc) is 2.85. The molecule has 0 heterocycles. The van der Waals surface area contributed by atoms with E-state index in [0.29, 0.717) is 0 Å². The van der Waals surface area contributed by atoms with Gasteiger partial charge in [-0.1, -0.05) is 18.2 Å². The Morgan fingerprint density at radius 2 is 1.61 bits per heavy atom. The molecule has 0 aromatic heterocycles. The fourth-order valence-electron chi connectivity index (χ4n) is 2.70. The lowest BCUT2D eigenvalue weighted by atomic mass is 10.2. The van der Waals surface area contributed by atoms with E-state index in [1.807, 2.05) is 0 Å². The zero-order valence-corrected chi connectivity index (χ0v) is 21.1. The number of benzene rings is 3. The van der Waals surface area contributed by atoms with Crippen molar-refractivity contribution in [1.82, 2.24) is 5.43 Å². The van der Waals surface area contributed by atoms with E-state index in [1.165, 1.54) is 24.3 Å². The number of rotatable bonds is 9. The van der Waals surface area contributed by atoms with Crippen LogP contribution in [0.15, 0.2) is 74.7 Å². The molecule has 0 radical (unpaired) electrons. The van der Waals surface area contributed by atoms with Crippen LogP contribution in [-0.2, 0) is 4.79 Å². The lowest BCUT2D eigenvalue weighted by molar-refractivity contribution is -0.385. The summed E-state index contributed by atoms with van der Waals surface area (Å²) in [7, 11) is 0. The fourth-order valence-corrected chi connectivity index (χ4v) is 3.73. The van der Waals surface area contributed by atoms with Crippen LogP contribution >= 0.6 is 31.9 Å². The van der Waals surface area contributed by atoms with Crippen molar-refractivity contribution in [2.24, 2.45) is 5.10 Å². The topological polar surface area (TPSA) is 163 Å². The first kappa shape index (κ1) is 26.4. The summed E-state index contributed by atoms with van der Waals surface area (Å²) in [6, 6.07) is 14.2. The minimum atomic E-state index is -0.703. The quantitative estimate of drug-likeness (QED) is 0.117. The molecule has 3 aromatic rings. The molecule has 0 bridgehead atoms. The number of halogens is 2. The molecule has 12 nitrogen and oxygen atoms in total. The number of hydrogen-bond donors (Lipinski definition) is 1. The Balaban J connectivity index is 1.72. The average molecular weight is 622 g/mol. The van der Waals surface area contributed by atoms with Crippen molar-refractivity contribution in [2.75, 3.05) is 6.61 Å². The molecule has 0 fully saturated rings. The van der Waals surface area contributed by atoms with Crippen molar-refractivity contribution in [3.05, 3.63) is 101 Å². The van der Waals surface area contributed by atoms with Crippen LogP contribution in [0.1, 0.15) is 15.9 Å². The number of ether oxygens (including phenoxy) is 2. The minimum Gasteiger partial charge on any atom is -0.483 e. The second-order valence-corrected chi connectivity index (χ2v) is 8.52. The van der Waals surface area contributed by atoms with Gasteiger partial charge in [0.2, 0.25) is 0 Å². The number of carbonyl (C=O) groups is 2. The molecule has 36 heavy (non-hydrogen) atoms. The van der Waals surface area contributed by atoms with Gasteiger partial charge in [-0.25, -0.2) is 10.2 Å². The molecule has 1 amide bonds. The molecule has 0 atom stereocenters. The third-order valence-electron chi connectivity index (χ3n) is 4.35. The highest BCUT2D eigenvalue weighted by atomic mass is 79.9. The molecular weight excluding hydrogens is 608 g/mol. The molecule has 0 aliphatic rings. The second-order valence-electron chi connectivity index (χ2n) is 6.81. The predicted molar refractivity (Wildman–Crippen MR) is 134 cm³/mol. The van der Waals surface area contributed by atoms with E-state index < -0.39 is 28.3 Å². The Bertz CT molecular complexity index is 1370. The zero-order valence-electron chi connectivity index (χ0n) is 17.9. The highest BCUT2D eigenvalue weighted by Gasteiger charge is 2.19. The van der Waals surface area contributed by atoms with Crippen molar-refractivity contribution < 1.29 is 28.9 Å². The number of nitrogens with zero attached hydrogens (tertiary/aromatic N) is 3. The summed E-state index contributed by atoms with van der Waals surface area (Å²) in [4.78, 5) is 45.4. The predicted octanol–water partition coefficient (Wildman–Crippen LogP) is 4.78. The molecule has 3 rings (SSSR count). The van der Waals surface area contributed by atoms with Gasteiger partial charge in [0, 0.05) is 29.8 Å². The zero-order chi connectivity index (χ0) is 26.2. The standard InChI is InChI=1S/C22H14Br2N4O8/c23-17-9-15(27(31)32)6-7-19(17)35-12-20(29)26-25-11-14-8-16(28(33)34)10-18(24)21(14)36-22(30)13-4-2-1-3-5-13/h1-11H,12H2,(H,26,29). The summed E-state index contributed by atoms with van der Waals surface area (Å²) in [5.41, 5.74) is 2.02. The van der Waals surface area contributed by atoms with Gasteiger partial charge in [0.15, 0.2) is 12.4 Å². The lowest BCUT2D eigenvalue weighted by Crippen LogP contribution is -2.24. The van der Waals surface area contributed by atoms with E-state index in [2.05, 4.69) is 42.4 Å². The Labute approximate surface area is 219 Å². The van der Waals surface area contributed by atoms with Crippen LogP contribution in [0.3, 0.4) is 0 Å². The van der Waals surface area contributed by atoms with Crippen molar-refractivity contribution in [1.29, 1.82) is 0 Å². The van der Waals surface area contributed by atoms with Gasteiger partial charge >= 0.3 is 5.97 Å². The monoisotopic (exact) mass is 620 g/mol. The summed E-state index contributed by atoms with van der Waals surface area (Å²) >= 11 is 6.29. The molecule has 1 N–H and O–H groups in total. The smallest absolute Gasteiger partial charge is 0.343 e. The number of nitro groups is 2. The van der Waals surface area contributed by atoms with E-state index in [4.69, 9.17) is 9.47 Å². The number of carbonyl (C=O) groups excluding carboxylic acids is 2. The van der Waals surface area contributed by atoms with Crippen molar-refractivity contribution in [3.8, 4) is 11.5 Å². The van der Waals surface area contributed by atoms with Gasteiger partial charge in [-0.05, 0) is 50.1 Å². The van der Waals surface area contributed by atoms with E-state index >= 15 is 0 Å². The Kier molecular flexibility index (Phi) is 8.81. The van der Waals surface area contributed by atoms with E-state index in [9.17, 15) is 29.8 Å². The fraction of sp³-hybridized carbons (Fsp3) is 0.0455. The highest BCUT2D eigenvalue weighted by molar-refractivity contribution is 9.11. The van der Waals surface area contributed by atoms with Crippen molar-refractivity contribution >= 4 is 61.3 Å². The molecular formula is C22H14Br2N4O8. The van der Waals surface area contributed by atoms with Gasteiger partial charge in [0.1, 0.15) is 5.75 Å². The number of hydrazone groups is 1. The van der Waals surface area contributed by atoms with Gasteiger partial charge < -0.3 is 9.47 Å². The third-order valence-corrected chi connectivity index (χ3v) is 5.56. The maximum atomic E-state index is 12.5. The number of amides is 1. The first-order valence-electron chi connectivity index (χ1n) is 9.79. The summed E-state index contributed by atoms with van der Waals surface area (Å²) in [5.74, 6) is -1.24. The molecule has 0 saturated heterocycles. The normalized spacial score (nSPS) is 10.6. The molecule has 0 spiro atoms. The molecule has 0 aliphatic heterocycles. The molecule has 0 aliphatic carbocycles. The maximum Gasteiger partial charge on any atom is 0.343 e. The third kappa shape index (κ3) is 6.93. The van der Waals surface area contributed by atoms with Gasteiger partial charge in [-0.3, -0.25) is 25.0 Å². The summed E-state index contributed by atoms with van der Waals surface area (Å²) in [6.07, 6.45) is 1.07. The molecule has 184 valence electrons. The van der Waals surface area contributed by atoms with E-state index in [1.54, 1.807) is 30.3 Å². The Morgan fingerprint density at radius 1 is 0.944 bits per heavy atom. The van der Waals surface area contributed by atoms with Crippen molar-refractivity contribution in [2.45, 2.75) is 0 Å². The van der Waals surface area contributed by atoms with Crippen LogP contribution in [0, 0.1) is 20.2 Å². The lowest BCUT2D eigenvalue weighted by Gasteiger charge is -2.10. The number of esters is 1. The van der Waals surface area contributed by atoms with Gasteiger partial charge in [0.05, 0.1) is 30.6 Å². The van der Waals surface area contributed by atoms with E-state index in [-0.39, 0.29) is 42.9 Å². The molecule has 0 saturated carbocycles. The highest BCUT2D eigenvalue weighted by Crippen LogP contribution is 2.33. The number of nitrogens with one attached hydrogen (secondary N) is 1. The number of hydrogen-bond acceptors (Lipinski definition) is 9. The number of nitro benzene ring substituents is 2. The first-order valence-corrected chi connectivity index (χ1v) is 11.4. The summed E-state index contributed by atoms with van der Waals surface area (Å²) < 4.78 is 11.1. The SMILES string of the molecule is O=C(COc1ccc([N+](=O)[O-])cc1Br)NN=Cc1cc([N+](=O)[O-])cc(Br)c1OC(=O)c1ccccc1. The molecule has 3 aromatic carbocycles. The molecule has 14 heteroatoms. The van der Waals surface area contributed by atoms with Crippen LogP contribution in [-0.4, -0.2) is 34.5 Å². The largest absolute Gasteiger partial charge is 0.483 e. The minimum absolute atomic E-state index is 0.0414. The van der Waals surface area contributed by atoms with Gasteiger partial charge in [0.25, 0.3) is 17.3 Å². The van der Waals surface area contributed by atoms with Crippen LogP contribution in [0.5, 0.6) is 11.5 Å². The Hall–Kier alpha value is -4.17. The van der Waals surface area contributed by atoms with Gasteiger partial charge in [-0.2, -0.15) is 5.10 Å². The number of non-ortho nitro benzene ring substituents is 2. The van der Waals surface area contributed by atoms with Crippen LogP contribution in [0.2, 0.25) is 0 Å². The van der Waals surface area contributed by atoms with Crippen LogP contribution in [0.4, 0.5) is 11.4 Å². The second kappa shape index (κ2) is 12.0. The van der Waals surface area contributed by atoms with E-state index in [0.717, 1.165) is 12.3 Å². The van der Waals surface area contributed by atoms with Crippen molar-refractivity contribution in [3.63, 3.8) is 0 Å². The van der Waals surface area contributed by atoms with Crippen LogP contribution in [0.25, 0.3) is 0 Å². The van der Waals surface area contributed by atoms with Gasteiger partial charge in [-0.15, -0.1) is 0 Å². The molecule has 0 unspecified atom stereocenters. The maximum absolute atomic E-state index is 12.5. The Morgan fingerprint density at radius 3 is 2.25 bits per heavy atom.